The molecule has 0 atom stereocenters. The van der Waals surface area contributed by atoms with Crippen molar-refractivity contribution in [1.82, 2.24) is 0 Å². The summed E-state index contributed by atoms with van der Waals surface area (Å²) in [5, 5.41) is 0. The molecule has 29 heavy (non-hydrogen) atoms. The number of hydrogen-bond donors (Lipinski definition) is 0. The van der Waals surface area contributed by atoms with Crippen molar-refractivity contribution in [2.45, 2.75) is 6.92 Å². The maximum absolute atomic E-state index is 11.9. The second kappa shape index (κ2) is 10.5. The number of esters is 3. The maximum Gasteiger partial charge on any atom is 0.514 e. The van der Waals surface area contributed by atoms with Crippen LogP contribution in [0.2, 0.25) is 0 Å². The van der Waals surface area contributed by atoms with Crippen molar-refractivity contribution in [2.75, 3.05) is 20.3 Å². The molecule has 0 saturated carbocycles. The number of carbonyl (C=O) groups excluding carboxylic acids is 4. The van der Waals surface area contributed by atoms with Crippen molar-refractivity contribution < 1.29 is 42.9 Å². The molecule has 0 heterocycles. The first-order chi connectivity index (χ1) is 14.0. The van der Waals surface area contributed by atoms with E-state index in [0.717, 1.165) is 0 Å². The summed E-state index contributed by atoms with van der Waals surface area (Å²) in [7, 11) is 1.19. The third-order valence-electron chi connectivity index (χ3n) is 3.40. The quantitative estimate of drug-likeness (QED) is 0.298. The summed E-state index contributed by atoms with van der Waals surface area (Å²) < 4.78 is 24.1. The van der Waals surface area contributed by atoms with Gasteiger partial charge in [0.2, 0.25) is 0 Å². The molecule has 2 rings (SSSR count). The molecule has 0 saturated heterocycles. The molecule has 0 aromatic heterocycles. The van der Waals surface area contributed by atoms with E-state index < -0.39 is 30.7 Å². The third-order valence-corrected chi connectivity index (χ3v) is 3.40. The van der Waals surface area contributed by atoms with Crippen molar-refractivity contribution in [3.8, 4) is 11.5 Å². The highest BCUT2D eigenvalue weighted by Gasteiger charge is 2.19. The Morgan fingerprint density at radius 1 is 0.759 bits per heavy atom. The highest BCUT2D eigenvalue weighted by molar-refractivity contribution is 5.94. The van der Waals surface area contributed by atoms with E-state index >= 15 is 0 Å². The summed E-state index contributed by atoms with van der Waals surface area (Å²) in [6, 6.07) is 11.8. The zero-order valence-electron chi connectivity index (χ0n) is 15.7. The SMILES string of the molecule is CCOC(=O)c1ccccc1OC(=O)OCC(=O)Oc1ccccc1C(=O)OC. The van der Waals surface area contributed by atoms with Crippen LogP contribution < -0.4 is 9.47 Å². The van der Waals surface area contributed by atoms with Gasteiger partial charge in [0, 0.05) is 0 Å². The van der Waals surface area contributed by atoms with Crippen LogP contribution in [-0.4, -0.2) is 44.4 Å². The number of methoxy groups -OCH3 is 1. The fourth-order valence-corrected chi connectivity index (χ4v) is 2.16. The van der Waals surface area contributed by atoms with Crippen molar-refractivity contribution in [2.24, 2.45) is 0 Å². The van der Waals surface area contributed by atoms with E-state index in [1.165, 1.54) is 31.4 Å². The first-order valence-corrected chi connectivity index (χ1v) is 8.45. The average Bonchev–Trinajstić information content (AvgIpc) is 2.72. The summed E-state index contributed by atoms with van der Waals surface area (Å²) >= 11 is 0. The molecule has 0 radical (unpaired) electrons. The van der Waals surface area contributed by atoms with Crippen LogP contribution in [0.15, 0.2) is 48.5 Å². The molecule has 0 unspecified atom stereocenters. The number of benzene rings is 2. The van der Waals surface area contributed by atoms with Gasteiger partial charge < -0.3 is 23.7 Å². The minimum absolute atomic E-state index is 0.0286. The number of hydrogen-bond acceptors (Lipinski definition) is 9. The van der Waals surface area contributed by atoms with Gasteiger partial charge in [-0.2, -0.15) is 0 Å². The Labute approximate surface area is 166 Å². The molecular formula is C20H18O9. The normalized spacial score (nSPS) is 9.86. The van der Waals surface area contributed by atoms with E-state index in [-0.39, 0.29) is 29.2 Å². The molecule has 0 aliphatic heterocycles. The lowest BCUT2D eigenvalue weighted by molar-refractivity contribution is -0.138. The van der Waals surface area contributed by atoms with E-state index in [1.54, 1.807) is 31.2 Å². The Kier molecular flexibility index (Phi) is 7.72. The standard InChI is InChI=1S/C20H18O9/c1-3-26-19(23)14-9-5-7-11-16(14)29-20(24)27-12-17(21)28-15-10-6-4-8-13(15)18(22)25-2/h4-11H,3,12H2,1-2H3. The topological polar surface area (TPSA) is 114 Å². The second-order valence-corrected chi connectivity index (χ2v) is 5.32. The van der Waals surface area contributed by atoms with Crippen LogP contribution in [0.4, 0.5) is 4.79 Å². The molecule has 9 nitrogen and oxygen atoms in total. The Bertz CT molecular complexity index is 904. The smallest absolute Gasteiger partial charge is 0.465 e. The predicted octanol–water partition coefficient (Wildman–Crippen LogP) is 2.77. The summed E-state index contributed by atoms with van der Waals surface area (Å²) in [5.74, 6) is -2.44. The molecule has 0 aliphatic rings. The molecule has 0 spiro atoms. The molecule has 2 aromatic carbocycles. The number of rotatable bonds is 7. The largest absolute Gasteiger partial charge is 0.514 e. The van der Waals surface area contributed by atoms with Gasteiger partial charge >= 0.3 is 24.1 Å². The highest BCUT2D eigenvalue weighted by Crippen LogP contribution is 2.20. The molecule has 0 aliphatic carbocycles. The molecule has 0 amide bonds. The van der Waals surface area contributed by atoms with E-state index in [4.69, 9.17) is 18.9 Å². The van der Waals surface area contributed by atoms with Crippen LogP contribution in [0.5, 0.6) is 11.5 Å². The molecule has 9 heteroatoms. The Balaban J connectivity index is 1.95. The van der Waals surface area contributed by atoms with Crippen LogP contribution in [0.25, 0.3) is 0 Å². The minimum atomic E-state index is -1.22. The van der Waals surface area contributed by atoms with Gasteiger partial charge in [-0.05, 0) is 31.2 Å². The van der Waals surface area contributed by atoms with Crippen molar-refractivity contribution in [1.29, 1.82) is 0 Å². The van der Waals surface area contributed by atoms with E-state index in [0.29, 0.717) is 0 Å². The van der Waals surface area contributed by atoms with Crippen LogP contribution in [0.1, 0.15) is 27.6 Å². The van der Waals surface area contributed by atoms with Crippen LogP contribution in [0, 0.1) is 0 Å². The average molecular weight is 402 g/mol. The van der Waals surface area contributed by atoms with E-state index in [1.807, 2.05) is 0 Å². The number of ether oxygens (including phenoxy) is 5. The Morgan fingerprint density at radius 3 is 1.90 bits per heavy atom. The van der Waals surface area contributed by atoms with Crippen molar-refractivity contribution in [3.05, 3.63) is 59.7 Å². The fourth-order valence-electron chi connectivity index (χ4n) is 2.16. The van der Waals surface area contributed by atoms with Gasteiger partial charge in [-0.3, -0.25) is 0 Å². The van der Waals surface area contributed by atoms with Gasteiger partial charge in [0.15, 0.2) is 6.61 Å². The summed E-state index contributed by atoms with van der Waals surface area (Å²) in [6.45, 7) is 1.01. The lowest BCUT2D eigenvalue weighted by Gasteiger charge is -2.10. The van der Waals surface area contributed by atoms with E-state index in [9.17, 15) is 19.2 Å². The Morgan fingerprint density at radius 2 is 1.31 bits per heavy atom. The van der Waals surface area contributed by atoms with Gasteiger partial charge in [-0.25, -0.2) is 19.2 Å². The Hall–Kier alpha value is -3.88. The molecule has 2 aromatic rings. The van der Waals surface area contributed by atoms with Crippen LogP contribution in [0.3, 0.4) is 0 Å². The van der Waals surface area contributed by atoms with Gasteiger partial charge in [-0.15, -0.1) is 0 Å². The highest BCUT2D eigenvalue weighted by atomic mass is 16.7. The van der Waals surface area contributed by atoms with Crippen LogP contribution in [-0.2, 0) is 19.0 Å². The maximum atomic E-state index is 11.9. The molecule has 0 N–H and O–H groups in total. The summed E-state index contributed by atoms with van der Waals surface area (Å²) in [6.07, 6.45) is -1.22. The monoisotopic (exact) mass is 402 g/mol. The first-order valence-electron chi connectivity index (χ1n) is 8.45. The molecule has 0 fully saturated rings. The zero-order chi connectivity index (χ0) is 21.2. The molecule has 152 valence electrons. The molecular weight excluding hydrogens is 384 g/mol. The van der Waals surface area contributed by atoms with Crippen LogP contribution >= 0.6 is 0 Å². The lowest BCUT2D eigenvalue weighted by Crippen LogP contribution is -2.22. The zero-order valence-corrected chi connectivity index (χ0v) is 15.7. The second-order valence-electron chi connectivity index (χ2n) is 5.32. The van der Waals surface area contributed by atoms with Gasteiger partial charge in [-0.1, -0.05) is 24.3 Å². The van der Waals surface area contributed by atoms with Gasteiger partial charge in [0.05, 0.1) is 13.7 Å². The fraction of sp³-hybridized carbons (Fsp3) is 0.200. The van der Waals surface area contributed by atoms with E-state index in [2.05, 4.69) is 4.74 Å². The van der Waals surface area contributed by atoms with Crippen molar-refractivity contribution in [3.63, 3.8) is 0 Å². The first kappa shape index (κ1) is 21.4. The molecule has 0 bridgehead atoms. The van der Waals surface area contributed by atoms with Crippen molar-refractivity contribution >= 4 is 24.1 Å². The minimum Gasteiger partial charge on any atom is -0.465 e. The third kappa shape index (κ3) is 6.06. The number of para-hydroxylation sites is 2. The van der Waals surface area contributed by atoms with Gasteiger partial charge in [0.1, 0.15) is 22.6 Å². The predicted molar refractivity (Wildman–Crippen MR) is 97.8 cm³/mol. The lowest BCUT2D eigenvalue weighted by atomic mass is 10.2. The number of carbonyl (C=O) groups is 4. The summed E-state index contributed by atoms with van der Waals surface area (Å²) in [5.41, 5.74) is 0.0650. The van der Waals surface area contributed by atoms with Gasteiger partial charge in [0.25, 0.3) is 0 Å². The summed E-state index contributed by atoms with van der Waals surface area (Å²) in [4.78, 5) is 47.3.